The van der Waals surface area contributed by atoms with E-state index in [9.17, 15) is 9.59 Å². The van der Waals surface area contributed by atoms with E-state index in [0.29, 0.717) is 0 Å². The fraction of sp³-hybridized carbons (Fsp3) is 0.467. The van der Waals surface area contributed by atoms with Crippen LogP contribution in [0.5, 0.6) is 0 Å². The van der Waals surface area contributed by atoms with Gasteiger partial charge in [-0.25, -0.2) is 4.79 Å². The van der Waals surface area contributed by atoms with Crippen molar-refractivity contribution in [1.29, 1.82) is 0 Å². The molecule has 1 aromatic carbocycles. The van der Waals surface area contributed by atoms with Gasteiger partial charge in [0.05, 0.1) is 7.05 Å². The molecule has 1 saturated carbocycles. The number of carbonyl (C=O) groups is 2. The van der Waals surface area contributed by atoms with E-state index in [1.54, 1.807) is 11.8 Å². The highest BCUT2D eigenvalue weighted by Crippen LogP contribution is 2.18. The average molecular weight is 308 g/mol. The molecule has 0 heterocycles. The minimum Gasteiger partial charge on any atom is -0.335 e. The van der Waals surface area contributed by atoms with Crippen LogP contribution in [0.25, 0.3) is 0 Å². The standard InChI is InChI=1S/C15H21N3O2S/c1-18(9-11-3-7-13(21-2)8-4-11)10-14(19)17-15(20)16-12-5-6-12/h3-4,7-8,12H,5-6,9-10H2,1-2H3,(H2,16,17,19,20)/p+1. The first-order valence-electron chi connectivity index (χ1n) is 7.11. The predicted molar refractivity (Wildman–Crippen MR) is 83.4 cm³/mol. The zero-order valence-electron chi connectivity index (χ0n) is 12.4. The number of rotatable bonds is 6. The number of hydrogen-bond donors (Lipinski definition) is 3. The van der Waals surface area contributed by atoms with E-state index in [1.807, 2.05) is 13.3 Å². The van der Waals surface area contributed by atoms with E-state index in [-0.39, 0.29) is 24.5 Å². The summed E-state index contributed by atoms with van der Waals surface area (Å²) >= 11 is 1.71. The molecular weight excluding hydrogens is 286 g/mol. The van der Waals surface area contributed by atoms with Gasteiger partial charge in [-0.05, 0) is 31.2 Å². The van der Waals surface area contributed by atoms with Crippen molar-refractivity contribution in [2.75, 3.05) is 19.8 Å². The van der Waals surface area contributed by atoms with Gasteiger partial charge < -0.3 is 10.2 Å². The van der Waals surface area contributed by atoms with Crippen molar-refractivity contribution < 1.29 is 14.5 Å². The highest BCUT2D eigenvalue weighted by Gasteiger charge is 2.24. The highest BCUT2D eigenvalue weighted by molar-refractivity contribution is 7.98. The van der Waals surface area contributed by atoms with Gasteiger partial charge in [-0.15, -0.1) is 11.8 Å². The van der Waals surface area contributed by atoms with Crippen molar-refractivity contribution in [3.05, 3.63) is 29.8 Å². The maximum absolute atomic E-state index is 11.8. The summed E-state index contributed by atoms with van der Waals surface area (Å²) in [4.78, 5) is 25.5. The molecule has 114 valence electrons. The fourth-order valence-corrected chi connectivity index (χ4v) is 2.46. The number of benzene rings is 1. The molecule has 0 aromatic heterocycles. The van der Waals surface area contributed by atoms with Crippen molar-refractivity contribution >= 4 is 23.7 Å². The lowest BCUT2D eigenvalue weighted by Gasteiger charge is -2.14. The van der Waals surface area contributed by atoms with Crippen LogP contribution in [0, 0.1) is 0 Å². The maximum Gasteiger partial charge on any atom is 0.321 e. The number of imide groups is 1. The molecule has 1 unspecified atom stereocenters. The van der Waals surface area contributed by atoms with Crippen molar-refractivity contribution in [2.45, 2.75) is 30.3 Å². The summed E-state index contributed by atoms with van der Waals surface area (Å²) in [6.45, 7) is 1.04. The summed E-state index contributed by atoms with van der Waals surface area (Å²) in [5.41, 5.74) is 1.18. The first-order valence-corrected chi connectivity index (χ1v) is 8.34. The largest absolute Gasteiger partial charge is 0.335 e. The minimum absolute atomic E-state index is 0.244. The second kappa shape index (κ2) is 7.47. The van der Waals surface area contributed by atoms with E-state index in [0.717, 1.165) is 24.3 Å². The zero-order valence-corrected chi connectivity index (χ0v) is 13.3. The lowest BCUT2D eigenvalue weighted by atomic mass is 10.2. The van der Waals surface area contributed by atoms with Crippen LogP contribution in [0.15, 0.2) is 29.2 Å². The smallest absolute Gasteiger partial charge is 0.321 e. The molecule has 1 atom stereocenters. The van der Waals surface area contributed by atoms with Crippen molar-refractivity contribution in [3.8, 4) is 0 Å². The quantitative estimate of drug-likeness (QED) is 0.667. The van der Waals surface area contributed by atoms with Crippen LogP contribution in [-0.4, -0.2) is 37.8 Å². The third kappa shape index (κ3) is 5.77. The van der Waals surface area contributed by atoms with E-state index >= 15 is 0 Å². The first-order chi connectivity index (χ1) is 10.1. The van der Waals surface area contributed by atoms with Crippen molar-refractivity contribution in [2.24, 2.45) is 0 Å². The Morgan fingerprint density at radius 3 is 2.52 bits per heavy atom. The Kier molecular flexibility index (Phi) is 5.64. The van der Waals surface area contributed by atoms with Gasteiger partial charge in [0, 0.05) is 16.5 Å². The van der Waals surface area contributed by atoms with Gasteiger partial charge in [0.25, 0.3) is 5.91 Å². The number of carbonyl (C=O) groups excluding carboxylic acids is 2. The molecule has 1 aliphatic carbocycles. The van der Waals surface area contributed by atoms with Crippen LogP contribution in [0.4, 0.5) is 4.79 Å². The molecule has 1 fully saturated rings. The van der Waals surface area contributed by atoms with Crippen LogP contribution < -0.4 is 15.5 Å². The van der Waals surface area contributed by atoms with Crippen molar-refractivity contribution in [1.82, 2.24) is 10.6 Å². The monoisotopic (exact) mass is 308 g/mol. The third-order valence-corrected chi connectivity index (χ3v) is 4.04. The zero-order chi connectivity index (χ0) is 15.2. The summed E-state index contributed by atoms with van der Waals surface area (Å²) < 4.78 is 0. The Bertz CT molecular complexity index is 500. The molecule has 3 amide bonds. The number of hydrogen-bond acceptors (Lipinski definition) is 3. The van der Waals surface area contributed by atoms with E-state index in [4.69, 9.17) is 0 Å². The normalized spacial score (nSPS) is 15.3. The minimum atomic E-state index is -0.375. The van der Waals surface area contributed by atoms with E-state index in [1.165, 1.54) is 10.5 Å². The average Bonchev–Trinajstić information content (AvgIpc) is 3.22. The molecule has 0 saturated heterocycles. The molecule has 1 aromatic rings. The molecule has 0 aliphatic heterocycles. The lowest BCUT2D eigenvalue weighted by molar-refractivity contribution is -0.885. The number of thioether (sulfide) groups is 1. The van der Waals surface area contributed by atoms with Gasteiger partial charge in [0.15, 0.2) is 6.54 Å². The van der Waals surface area contributed by atoms with Gasteiger partial charge >= 0.3 is 6.03 Å². The van der Waals surface area contributed by atoms with Crippen LogP contribution in [0.2, 0.25) is 0 Å². The number of urea groups is 1. The number of quaternary nitrogens is 1. The molecule has 0 spiro atoms. The predicted octanol–water partition coefficient (Wildman–Crippen LogP) is 0.411. The Morgan fingerprint density at radius 1 is 1.29 bits per heavy atom. The highest BCUT2D eigenvalue weighted by atomic mass is 32.2. The van der Waals surface area contributed by atoms with Crippen molar-refractivity contribution in [3.63, 3.8) is 0 Å². The summed E-state index contributed by atoms with van der Waals surface area (Å²) in [6, 6.07) is 8.20. The molecule has 3 N–H and O–H groups in total. The molecule has 0 bridgehead atoms. The second-order valence-corrected chi connectivity index (χ2v) is 6.33. The molecule has 2 rings (SSSR count). The van der Waals surface area contributed by atoms with Gasteiger partial charge in [0.2, 0.25) is 0 Å². The number of nitrogens with one attached hydrogen (secondary N) is 3. The lowest BCUT2D eigenvalue weighted by Crippen LogP contribution is -3.09. The molecule has 1 aliphatic rings. The Balaban J connectivity index is 1.73. The Labute approximate surface area is 129 Å². The summed E-state index contributed by atoms with van der Waals surface area (Å²) in [6.07, 6.45) is 4.07. The van der Waals surface area contributed by atoms with Gasteiger partial charge in [-0.2, -0.15) is 0 Å². The number of likely N-dealkylation sites (N-methyl/N-ethyl adjacent to an activating group) is 1. The third-order valence-electron chi connectivity index (χ3n) is 3.29. The van der Waals surface area contributed by atoms with E-state index in [2.05, 4.69) is 34.9 Å². The van der Waals surface area contributed by atoms with Crippen LogP contribution in [0.3, 0.4) is 0 Å². The Morgan fingerprint density at radius 2 is 1.95 bits per heavy atom. The van der Waals surface area contributed by atoms with Crippen LogP contribution in [-0.2, 0) is 11.3 Å². The molecular formula is C15H22N3O2S+. The first kappa shape index (κ1) is 15.9. The summed E-state index contributed by atoms with van der Waals surface area (Å²) in [5.74, 6) is -0.244. The molecule has 0 radical (unpaired) electrons. The second-order valence-electron chi connectivity index (χ2n) is 5.45. The maximum atomic E-state index is 11.8. The molecule has 21 heavy (non-hydrogen) atoms. The molecule has 6 heteroatoms. The van der Waals surface area contributed by atoms with Gasteiger partial charge in [0.1, 0.15) is 6.54 Å². The summed E-state index contributed by atoms with van der Waals surface area (Å²) in [7, 11) is 1.95. The van der Waals surface area contributed by atoms with E-state index < -0.39 is 0 Å². The topological polar surface area (TPSA) is 62.6 Å². The van der Waals surface area contributed by atoms with Gasteiger partial charge in [-0.1, -0.05) is 12.1 Å². The summed E-state index contributed by atoms with van der Waals surface area (Å²) in [5, 5.41) is 5.11. The Hall–Kier alpha value is -1.53. The van der Waals surface area contributed by atoms with Crippen LogP contribution in [0.1, 0.15) is 18.4 Å². The number of amides is 3. The SMILES string of the molecule is CSc1ccc(C[NH+](C)CC(=O)NC(=O)NC2CC2)cc1. The fourth-order valence-electron chi connectivity index (χ4n) is 2.05. The molecule has 5 nitrogen and oxygen atoms in total. The van der Waals surface area contributed by atoms with Gasteiger partial charge in [-0.3, -0.25) is 10.1 Å². The van der Waals surface area contributed by atoms with Crippen LogP contribution >= 0.6 is 11.8 Å².